The van der Waals surface area contributed by atoms with Crippen LogP contribution in [0.25, 0.3) is 0 Å². The molecule has 1 saturated carbocycles. The lowest BCUT2D eigenvalue weighted by Crippen LogP contribution is -2.36. The molecule has 0 radical (unpaired) electrons. The molecule has 5 heteroatoms. The summed E-state index contributed by atoms with van der Waals surface area (Å²) in [5, 5.41) is 11.5. The minimum atomic E-state index is -0.0940. The number of amides is 1. The first-order valence-corrected chi connectivity index (χ1v) is 8.64. The Morgan fingerprint density at radius 1 is 1.14 bits per heavy atom. The summed E-state index contributed by atoms with van der Waals surface area (Å²) in [7, 11) is 0. The zero-order valence-electron chi connectivity index (χ0n) is 13.8. The molecule has 0 unspecified atom stereocenters. The summed E-state index contributed by atoms with van der Waals surface area (Å²) in [6.45, 7) is 6.25. The third-order valence-electron chi connectivity index (χ3n) is 4.13. The average Bonchev–Trinajstić information content (AvgIpc) is 2.56. The van der Waals surface area contributed by atoms with Gasteiger partial charge in [0.15, 0.2) is 11.5 Å². The van der Waals surface area contributed by atoms with Gasteiger partial charge in [-0.05, 0) is 37.8 Å². The number of nitrogens with zero attached hydrogens (tertiary/aromatic N) is 3. The van der Waals surface area contributed by atoms with E-state index in [1.165, 1.54) is 19.3 Å². The van der Waals surface area contributed by atoms with E-state index in [1.54, 1.807) is 6.07 Å². The summed E-state index contributed by atoms with van der Waals surface area (Å²) in [6.07, 6.45) is 8.01. The predicted molar refractivity (Wildman–Crippen MR) is 89.2 cm³/mol. The summed E-state index contributed by atoms with van der Waals surface area (Å²) in [5.74, 6) is 0.765. The van der Waals surface area contributed by atoms with E-state index in [4.69, 9.17) is 0 Å². The Morgan fingerprint density at radius 3 is 2.36 bits per heavy atom. The number of hydrogen-bond acceptors (Lipinski definition) is 4. The van der Waals surface area contributed by atoms with E-state index < -0.39 is 0 Å². The van der Waals surface area contributed by atoms with Crippen LogP contribution >= 0.6 is 0 Å². The second-order valence-electron chi connectivity index (χ2n) is 6.07. The molecular formula is C17H28N4O. The normalized spacial score (nSPS) is 15.5. The van der Waals surface area contributed by atoms with Crippen LogP contribution in [0.1, 0.15) is 69.3 Å². The molecule has 22 heavy (non-hydrogen) atoms. The van der Waals surface area contributed by atoms with Crippen molar-refractivity contribution < 1.29 is 4.79 Å². The molecule has 0 atom stereocenters. The summed E-state index contributed by atoms with van der Waals surface area (Å²) in [5.41, 5.74) is 0.419. The Bertz CT molecular complexity index is 448. The third kappa shape index (κ3) is 4.68. The average molecular weight is 304 g/mol. The number of nitrogens with one attached hydrogen (secondary N) is 1. The summed E-state index contributed by atoms with van der Waals surface area (Å²) in [4.78, 5) is 14.4. The second kappa shape index (κ2) is 8.71. The Hall–Kier alpha value is -1.65. The summed E-state index contributed by atoms with van der Waals surface area (Å²) in [6, 6.07) is 4.01. The molecule has 122 valence electrons. The van der Waals surface area contributed by atoms with Crippen LogP contribution in [0, 0.1) is 0 Å². The van der Waals surface area contributed by atoms with Crippen molar-refractivity contribution in [2.45, 2.75) is 64.8 Å². The fourth-order valence-corrected chi connectivity index (χ4v) is 3.00. The highest BCUT2D eigenvalue weighted by Crippen LogP contribution is 2.18. The van der Waals surface area contributed by atoms with Crippen LogP contribution in [0.15, 0.2) is 12.1 Å². The molecule has 1 heterocycles. The van der Waals surface area contributed by atoms with Crippen molar-refractivity contribution in [1.82, 2.24) is 15.5 Å². The molecule has 0 saturated heterocycles. The van der Waals surface area contributed by atoms with Gasteiger partial charge >= 0.3 is 0 Å². The molecule has 0 aromatic carbocycles. The van der Waals surface area contributed by atoms with E-state index in [1.807, 2.05) is 6.07 Å². The lowest BCUT2D eigenvalue weighted by molar-refractivity contribution is 0.0921. The first kappa shape index (κ1) is 16.7. The maximum atomic E-state index is 12.2. The van der Waals surface area contributed by atoms with Gasteiger partial charge in [0.05, 0.1) is 0 Å². The molecule has 5 nitrogen and oxygen atoms in total. The lowest BCUT2D eigenvalue weighted by atomic mass is 9.95. The van der Waals surface area contributed by atoms with E-state index in [0.717, 1.165) is 44.6 Å². The van der Waals surface area contributed by atoms with Crippen LogP contribution < -0.4 is 10.2 Å². The number of carbonyl (C=O) groups is 1. The smallest absolute Gasteiger partial charge is 0.272 e. The van der Waals surface area contributed by atoms with Crippen LogP contribution in [0.4, 0.5) is 5.82 Å². The maximum Gasteiger partial charge on any atom is 0.272 e. The van der Waals surface area contributed by atoms with Crippen LogP contribution in [0.5, 0.6) is 0 Å². The van der Waals surface area contributed by atoms with Crippen molar-refractivity contribution in [3.05, 3.63) is 17.8 Å². The lowest BCUT2D eigenvalue weighted by Gasteiger charge is -2.23. The molecule has 0 aliphatic heterocycles. The molecule has 1 fully saturated rings. The van der Waals surface area contributed by atoms with Crippen molar-refractivity contribution in [2.24, 2.45) is 0 Å². The monoisotopic (exact) mass is 304 g/mol. The minimum absolute atomic E-state index is 0.0940. The molecule has 0 bridgehead atoms. The molecule has 1 aliphatic carbocycles. The Balaban J connectivity index is 1.96. The first-order valence-electron chi connectivity index (χ1n) is 8.64. The number of carbonyl (C=O) groups excluding carboxylic acids is 1. The molecule has 2 rings (SSSR count). The van der Waals surface area contributed by atoms with E-state index in [2.05, 4.69) is 34.3 Å². The van der Waals surface area contributed by atoms with Gasteiger partial charge < -0.3 is 10.2 Å². The van der Waals surface area contributed by atoms with Gasteiger partial charge in [0.1, 0.15) is 0 Å². The Morgan fingerprint density at radius 2 is 1.82 bits per heavy atom. The second-order valence-corrected chi connectivity index (χ2v) is 6.07. The Labute approximate surface area is 133 Å². The van der Waals surface area contributed by atoms with Gasteiger partial charge in [-0.1, -0.05) is 33.1 Å². The third-order valence-corrected chi connectivity index (χ3v) is 4.13. The quantitative estimate of drug-likeness (QED) is 0.840. The zero-order valence-corrected chi connectivity index (χ0v) is 13.8. The molecule has 1 aromatic rings. The van der Waals surface area contributed by atoms with Gasteiger partial charge in [-0.25, -0.2) is 0 Å². The van der Waals surface area contributed by atoms with E-state index >= 15 is 0 Å². The fraction of sp³-hybridized carbons (Fsp3) is 0.706. The van der Waals surface area contributed by atoms with Crippen molar-refractivity contribution >= 4 is 11.7 Å². The van der Waals surface area contributed by atoms with E-state index in [0.29, 0.717) is 11.7 Å². The van der Waals surface area contributed by atoms with Gasteiger partial charge in [-0.15, -0.1) is 10.2 Å². The van der Waals surface area contributed by atoms with Gasteiger partial charge in [-0.3, -0.25) is 4.79 Å². The van der Waals surface area contributed by atoms with Crippen molar-refractivity contribution in [3.63, 3.8) is 0 Å². The fourth-order valence-electron chi connectivity index (χ4n) is 3.00. The van der Waals surface area contributed by atoms with Crippen molar-refractivity contribution in [3.8, 4) is 0 Å². The highest BCUT2D eigenvalue weighted by atomic mass is 16.2. The number of aromatic nitrogens is 2. The number of hydrogen-bond donors (Lipinski definition) is 1. The Kier molecular flexibility index (Phi) is 6.62. The van der Waals surface area contributed by atoms with Gasteiger partial charge in [0, 0.05) is 19.1 Å². The van der Waals surface area contributed by atoms with Crippen LogP contribution in [0.3, 0.4) is 0 Å². The van der Waals surface area contributed by atoms with Crippen molar-refractivity contribution in [2.75, 3.05) is 18.0 Å². The first-order chi connectivity index (χ1) is 10.7. The van der Waals surface area contributed by atoms with E-state index in [9.17, 15) is 4.79 Å². The van der Waals surface area contributed by atoms with Crippen LogP contribution in [-0.4, -0.2) is 35.2 Å². The van der Waals surface area contributed by atoms with Crippen molar-refractivity contribution in [1.29, 1.82) is 0 Å². The van der Waals surface area contributed by atoms with Gasteiger partial charge in [-0.2, -0.15) is 0 Å². The topological polar surface area (TPSA) is 58.1 Å². The van der Waals surface area contributed by atoms with E-state index in [-0.39, 0.29) is 5.91 Å². The standard InChI is InChI=1S/C17H28N4O/c1-3-12-21(13-4-2)16-11-10-15(19-20-16)17(22)18-14-8-6-5-7-9-14/h10-11,14H,3-9,12-13H2,1-2H3,(H,18,22). The predicted octanol–water partition coefficient (Wildman–Crippen LogP) is 3.17. The summed E-state index contributed by atoms with van der Waals surface area (Å²) >= 11 is 0. The van der Waals surface area contributed by atoms with Crippen LogP contribution in [0.2, 0.25) is 0 Å². The molecule has 1 N–H and O–H groups in total. The summed E-state index contributed by atoms with van der Waals surface area (Å²) < 4.78 is 0. The highest BCUT2D eigenvalue weighted by molar-refractivity contribution is 5.92. The largest absolute Gasteiger partial charge is 0.355 e. The maximum absolute atomic E-state index is 12.2. The van der Waals surface area contributed by atoms with Gasteiger partial charge in [0.2, 0.25) is 0 Å². The zero-order chi connectivity index (χ0) is 15.8. The number of rotatable bonds is 7. The van der Waals surface area contributed by atoms with Crippen LogP contribution in [-0.2, 0) is 0 Å². The molecule has 1 amide bonds. The molecule has 0 spiro atoms. The molecule has 1 aromatic heterocycles. The molecular weight excluding hydrogens is 276 g/mol. The SMILES string of the molecule is CCCN(CCC)c1ccc(C(=O)NC2CCCCC2)nn1. The number of anilines is 1. The van der Waals surface area contributed by atoms with Gasteiger partial charge in [0.25, 0.3) is 5.91 Å². The minimum Gasteiger partial charge on any atom is -0.355 e. The molecule has 1 aliphatic rings. The highest BCUT2D eigenvalue weighted by Gasteiger charge is 2.18.